The Morgan fingerprint density at radius 3 is 2.95 bits per heavy atom. The minimum absolute atomic E-state index is 0.0556. The molecule has 1 saturated heterocycles. The van der Waals surface area contributed by atoms with Gasteiger partial charge in [0.1, 0.15) is 5.58 Å². The first-order chi connectivity index (χ1) is 10.1. The number of carbonyl (C=O) groups excluding carboxylic acids is 1. The van der Waals surface area contributed by atoms with Crippen molar-refractivity contribution in [3.63, 3.8) is 0 Å². The molecule has 0 spiro atoms. The Morgan fingerprint density at radius 2 is 2.24 bits per heavy atom. The summed E-state index contributed by atoms with van der Waals surface area (Å²) < 4.78 is 5.63. The molecule has 2 heterocycles. The van der Waals surface area contributed by atoms with Gasteiger partial charge in [-0.15, -0.1) is 0 Å². The second kappa shape index (κ2) is 6.00. The van der Waals surface area contributed by atoms with Crippen molar-refractivity contribution in [3.05, 3.63) is 36.1 Å². The van der Waals surface area contributed by atoms with Crippen molar-refractivity contribution in [2.45, 2.75) is 6.42 Å². The zero-order chi connectivity index (χ0) is 14.8. The van der Waals surface area contributed by atoms with Gasteiger partial charge in [0.2, 0.25) is 5.78 Å². The first-order valence-corrected chi connectivity index (χ1v) is 7.50. The lowest BCUT2D eigenvalue weighted by molar-refractivity contribution is 0.0913. The van der Waals surface area contributed by atoms with Gasteiger partial charge in [-0.2, -0.15) is 0 Å². The number of nitrogens with zero attached hydrogens (tertiary/aromatic N) is 2. The number of likely N-dealkylation sites (tertiary alicyclic amines) is 1. The molecule has 1 aromatic heterocycles. The molecule has 1 aromatic carbocycles. The average molecular weight is 286 g/mol. The van der Waals surface area contributed by atoms with Crippen LogP contribution in [0.1, 0.15) is 17.0 Å². The Labute approximate surface area is 125 Å². The molecule has 0 aliphatic carbocycles. The Hall–Kier alpha value is -1.65. The van der Waals surface area contributed by atoms with Crippen molar-refractivity contribution >= 4 is 16.8 Å². The topological polar surface area (TPSA) is 36.7 Å². The number of hydrogen-bond donors (Lipinski definition) is 0. The summed E-state index contributed by atoms with van der Waals surface area (Å²) in [5.74, 6) is 1.19. The van der Waals surface area contributed by atoms with E-state index in [9.17, 15) is 4.79 Å². The molecule has 1 unspecified atom stereocenters. The van der Waals surface area contributed by atoms with Gasteiger partial charge in [0.05, 0.1) is 6.54 Å². The van der Waals surface area contributed by atoms with E-state index in [0.29, 0.717) is 18.2 Å². The normalized spacial score (nSPS) is 19.7. The summed E-state index contributed by atoms with van der Waals surface area (Å²) in [5.41, 5.74) is 0.779. The van der Waals surface area contributed by atoms with E-state index >= 15 is 0 Å². The first kappa shape index (κ1) is 14.3. The van der Waals surface area contributed by atoms with Gasteiger partial charge < -0.3 is 9.32 Å². The Kier molecular flexibility index (Phi) is 4.08. The molecule has 4 heteroatoms. The summed E-state index contributed by atoms with van der Waals surface area (Å²) >= 11 is 0. The fourth-order valence-corrected chi connectivity index (χ4v) is 3.12. The highest BCUT2D eigenvalue weighted by Gasteiger charge is 2.22. The fraction of sp³-hybridized carbons (Fsp3) is 0.471. The smallest absolute Gasteiger partial charge is 0.211 e. The van der Waals surface area contributed by atoms with Gasteiger partial charge >= 0.3 is 0 Å². The standard InChI is InChI=1S/C17H22N2O2/c1-18-8-7-13(10-18)11-19(2)12-15(20)17-9-14-5-3-4-6-16(14)21-17/h3-6,9,13H,7-8,10-12H2,1-2H3. The molecule has 2 aromatic rings. The largest absolute Gasteiger partial charge is 0.453 e. The van der Waals surface area contributed by atoms with Crippen LogP contribution >= 0.6 is 0 Å². The molecule has 21 heavy (non-hydrogen) atoms. The van der Waals surface area contributed by atoms with Crippen LogP contribution in [0.3, 0.4) is 0 Å². The number of hydrogen-bond acceptors (Lipinski definition) is 4. The van der Waals surface area contributed by atoms with E-state index in [2.05, 4.69) is 16.8 Å². The maximum absolute atomic E-state index is 12.3. The van der Waals surface area contributed by atoms with E-state index < -0.39 is 0 Å². The summed E-state index contributed by atoms with van der Waals surface area (Å²) in [5, 5.41) is 0.987. The van der Waals surface area contributed by atoms with Crippen molar-refractivity contribution < 1.29 is 9.21 Å². The molecule has 0 radical (unpaired) electrons. The molecule has 112 valence electrons. The van der Waals surface area contributed by atoms with Gasteiger partial charge in [-0.3, -0.25) is 9.69 Å². The minimum Gasteiger partial charge on any atom is -0.453 e. The lowest BCUT2D eigenvalue weighted by atomic mass is 10.1. The lowest BCUT2D eigenvalue weighted by Gasteiger charge is -2.19. The van der Waals surface area contributed by atoms with Gasteiger partial charge in [-0.1, -0.05) is 18.2 Å². The van der Waals surface area contributed by atoms with Crippen LogP contribution in [0, 0.1) is 5.92 Å². The van der Waals surface area contributed by atoms with Crippen molar-refractivity contribution in [2.75, 3.05) is 40.3 Å². The Balaban J connectivity index is 1.60. The van der Waals surface area contributed by atoms with Crippen LogP contribution in [0.2, 0.25) is 0 Å². The minimum atomic E-state index is 0.0556. The molecule has 1 atom stereocenters. The average Bonchev–Trinajstić information content (AvgIpc) is 3.04. The highest BCUT2D eigenvalue weighted by atomic mass is 16.3. The summed E-state index contributed by atoms with van der Waals surface area (Å²) in [7, 11) is 4.17. The quantitative estimate of drug-likeness (QED) is 0.791. The zero-order valence-electron chi connectivity index (χ0n) is 12.7. The lowest BCUT2D eigenvalue weighted by Crippen LogP contribution is -2.31. The maximum Gasteiger partial charge on any atom is 0.211 e. The highest BCUT2D eigenvalue weighted by molar-refractivity contribution is 5.98. The number of likely N-dealkylation sites (N-methyl/N-ethyl adjacent to an activating group) is 1. The number of Topliss-reactive ketones (excluding diaryl/α,β-unsaturated/α-hetero) is 1. The number of ketones is 1. The second-order valence-corrected chi connectivity index (χ2v) is 6.19. The zero-order valence-corrected chi connectivity index (χ0v) is 12.7. The number of fused-ring (bicyclic) bond motifs is 1. The van der Waals surface area contributed by atoms with Crippen LogP contribution in [0.25, 0.3) is 11.0 Å². The van der Waals surface area contributed by atoms with Gasteiger partial charge in [0.15, 0.2) is 5.76 Å². The molecular formula is C17H22N2O2. The Morgan fingerprint density at radius 1 is 1.43 bits per heavy atom. The molecule has 3 rings (SSSR count). The van der Waals surface area contributed by atoms with Crippen LogP contribution in [0.4, 0.5) is 0 Å². The van der Waals surface area contributed by atoms with Crippen LogP contribution in [-0.4, -0.2) is 55.9 Å². The van der Waals surface area contributed by atoms with E-state index in [4.69, 9.17) is 4.42 Å². The van der Waals surface area contributed by atoms with E-state index in [1.165, 1.54) is 6.42 Å². The molecule has 0 amide bonds. The summed E-state index contributed by atoms with van der Waals surface area (Å²) in [4.78, 5) is 16.8. The number of carbonyl (C=O) groups is 1. The SMILES string of the molecule is CN1CCC(CN(C)CC(=O)c2cc3ccccc3o2)C1. The molecule has 1 aliphatic rings. The van der Waals surface area contributed by atoms with E-state index in [1.807, 2.05) is 37.4 Å². The molecule has 4 nitrogen and oxygen atoms in total. The van der Waals surface area contributed by atoms with Crippen molar-refractivity contribution in [2.24, 2.45) is 5.92 Å². The van der Waals surface area contributed by atoms with Gasteiger partial charge in [-0.05, 0) is 45.1 Å². The monoisotopic (exact) mass is 286 g/mol. The van der Waals surface area contributed by atoms with Crippen LogP contribution in [0.15, 0.2) is 34.7 Å². The first-order valence-electron chi connectivity index (χ1n) is 7.50. The molecule has 1 fully saturated rings. The fourth-order valence-electron chi connectivity index (χ4n) is 3.12. The van der Waals surface area contributed by atoms with E-state index in [-0.39, 0.29) is 5.78 Å². The summed E-state index contributed by atoms with van der Waals surface area (Å²) in [6, 6.07) is 9.57. The second-order valence-electron chi connectivity index (χ2n) is 6.19. The third-order valence-electron chi connectivity index (χ3n) is 4.17. The van der Waals surface area contributed by atoms with Gasteiger partial charge in [0, 0.05) is 18.5 Å². The third-order valence-corrected chi connectivity index (χ3v) is 4.17. The number of para-hydroxylation sites is 1. The maximum atomic E-state index is 12.3. The summed E-state index contributed by atoms with van der Waals surface area (Å²) in [6.45, 7) is 3.68. The third kappa shape index (κ3) is 3.34. The molecule has 0 saturated carbocycles. The summed E-state index contributed by atoms with van der Waals surface area (Å²) in [6.07, 6.45) is 1.22. The number of furan rings is 1. The van der Waals surface area contributed by atoms with Gasteiger partial charge in [-0.25, -0.2) is 0 Å². The van der Waals surface area contributed by atoms with Crippen LogP contribution in [0.5, 0.6) is 0 Å². The van der Waals surface area contributed by atoms with Crippen LogP contribution < -0.4 is 0 Å². The highest BCUT2D eigenvalue weighted by Crippen LogP contribution is 2.20. The van der Waals surface area contributed by atoms with Crippen molar-refractivity contribution in [1.29, 1.82) is 0 Å². The molecular weight excluding hydrogens is 264 g/mol. The predicted molar refractivity (Wildman–Crippen MR) is 83.6 cm³/mol. The number of benzene rings is 1. The van der Waals surface area contributed by atoms with Gasteiger partial charge in [0.25, 0.3) is 0 Å². The Bertz CT molecular complexity index is 602. The molecule has 0 bridgehead atoms. The van der Waals surface area contributed by atoms with E-state index in [0.717, 1.165) is 30.6 Å². The molecule has 1 aliphatic heterocycles. The van der Waals surface area contributed by atoms with Crippen LogP contribution in [-0.2, 0) is 0 Å². The van der Waals surface area contributed by atoms with E-state index in [1.54, 1.807) is 0 Å². The number of rotatable bonds is 5. The van der Waals surface area contributed by atoms with Crippen molar-refractivity contribution in [1.82, 2.24) is 9.80 Å². The molecule has 0 N–H and O–H groups in total. The predicted octanol–water partition coefficient (Wildman–Crippen LogP) is 2.50. The van der Waals surface area contributed by atoms with Crippen molar-refractivity contribution in [3.8, 4) is 0 Å².